The molecular formula is C31H30O3. The fourth-order valence-corrected chi connectivity index (χ4v) is 4.66. The molecule has 0 heterocycles. The van der Waals surface area contributed by atoms with Crippen LogP contribution in [0.1, 0.15) is 45.2 Å². The molecule has 0 saturated carbocycles. The van der Waals surface area contributed by atoms with Gasteiger partial charge in [0, 0.05) is 11.8 Å². The Hall–Kier alpha value is -3.85. The number of Topliss-reactive ketones (excluding diaryl/α,β-unsaturated/α-hetero) is 1. The maximum absolute atomic E-state index is 14.4. The van der Waals surface area contributed by atoms with Crippen molar-refractivity contribution in [2.75, 3.05) is 0 Å². The van der Waals surface area contributed by atoms with E-state index < -0.39 is 0 Å². The highest BCUT2D eigenvalue weighted by atomic mass is 16.3. The first kappa shape index (κ1) is 23.3. The number of benzene rings is 4. The minimum absolute atomic E-state index is 0.171. The normalized spacial score (nSPS) is 12.8. The predicted molar refractivity (Wildman–Crippen MR) is 136 cm³/mol. The molecule has 3 nitrogen and oxygen atoms in total. The Kier molecular flexibility index (Phi) is 7.12. The Morgan fingerprint density at radius 3 is 1.29 bits per heavy atom. The summed E-state index contributed by atoms with van der Waals surface area (Å²) >= 11 is 0. The van der Waals surface area contributed by atoms with Crippen LogP contribution in [0.2, 0.25) is 0 Å². The second kappa shape index (κ2) is 10.4. The van der Waals surface area contributed by atoms with Crippen molar-refractivity contribution in [2.24, 2.45) is 0 Å². The predicted octanol–water partition coefficient (Wildman–Crippen LogP) is 6.64. The number of ketones is 1. The van der Waals surface area contributed by atoms with E-state index in [1.165, 1.54) is 0 Å². The lowest BCUT2D eigenvalue weighted by Gasteiger charge is -2.26. The van der Waals surface area contributed by atoms with Crippen LogP contribution in [0, 0.1) is 13.8 Å². The zero-order chi connectivity index (χ0) is 24.1. The van der Waals surface area contributed by atoms with Gasteiger partial charge in [-0.05, 0) is 84.3 Å². The van der Waals surface area contributed by atoms with Crippen molar-refractivity contribution in [1.29, 1.82) is 0 Å². The molecule has 0 radical (unpaired) electrons. The zero-order valence-electron chi connectivity index (χ0n) is 19.6. The fourth-order valence-electron chi connectivity index (χ4n) is 4.66. The first-order valence-electron chi connectivity index (χ1n) is 11.6. The van der Waals surface area contributed by atoms with E-state index in [1.54, 1.807) is 24.3 Å². The van der Waals surface area contributed by atoms with E-state index in [0.717, 1.165) is 33.4 Å². The molecule has 172 valence electrons. The summed E-state index contributed by atoms with van der Waals surface area (Å²) in [6.45, 7) is 4.10. The summed E-state index contributed by atoms with van der Waals surface area (Å²) in [5, 5.41) is 19.5. The standard InChI is InChI=1S/C31H30O3/c1-21-7-3-5-9-27(21)29(19-23-11-15-25(32)16-12-23)31(34)30(28-10-6-4-8-22(28)2)20-24-13-17-26(33)18-14-24/h3-18,29-30,32-33H,19-20H2,1-2H3. The number of aryl methyl sites for hydroxylation is 2. The lowest BCUT2D eigenvalue weighted by molar-refractivity contribution is -0.122. The van der Waals surface area contributed by atoms with Gasteiger partial charge in [-0.15, -0.1) is 0 Å². The van der Waals surface area contributed by atoms with Crippen LogP contribution in [0.5, 0.6) is 11.5 Å². The number of carbonyl (C=O) groups excluding carboxylic acids is 1. The molecular weight excluding hydrogens is 420 g/mol. The van der Waals surface area contributed by atoms with Gasteiger partial charge in [0.05, 0.1) is 0 Å². The fraction of sp³-hybridized carbons (Fsp3) is 0.194. The van der Waals surface area contributed by atoms with E-state index in [9.17, 15) is 15.0 Å². The first-order valence-corrected chi connectivity index (χ1v) is 11.6. The Bertz CT molecular complexity index is 1160. The summed E-state index contributed by atoms with van der Waals surface area (Å²) in [6, 6.07) is 30.4. The molecule has 0 amide bonds. The van der Waals surface area contributed by atoms with E-state index in [-0.39, 0.29) is 29.1 Å². The molecule has 0 bridgehead atoms. The highest BCUT2D eigenvalue weighted by Gasteiger charge is 2.31. The second-order valence-electron chi connectivity index (χ2n) is 8.96. The molecule has 0 fully saturated rings. The first-order chi connectivity index (χ1) is 16.4. The second-order valence-corrected chi connectivity index (χ2v) is 8.96. The monoisotopic (exact) mass is 450 g/mol. The topological polar surface area (TPSA) is 57.5 Å². The molecule has 0 spiro atoms. The van der Waals surface area contributed by atoms with Crippen LogP contribution in [-0.4, -0.2) is 16.0 Å². The lowest BCUT2D eigenvalue weighted by Crippen LogP contribution is -2.25. The summed E-state index contributed by atoms with van der Waals surface area (Å²) in [5.74, 6) is -0.0510. The zero-order valence-corrected chi connectivity index (χ0v) is 19.6. The van der Waals surface area contributed by atoms with Crippen molar-refractivity contribution >= 4 is 5.78 Å². The maximum Gasteiger partial charge on any atom is 0.148 e. The molecule has 4 rings (SSSR count). The van der Waals surface area contributed by atoms with Crippen LogP contribution >= 0.6 is 0 Å². The third kappa shape index (κ3) is 5.37. The molecule has 2 atom stereocenters. The average Bonchev–Trinajstić information content (AvgIpc) is 2.84. The van der Waals surface area contributed by atoms with Crippen molar-refractivity contribution in [1.82, 2.24) is 0 Å². The number of carbonyl (C=O) groups is 1. The van der Waals surface area contributed by atoms with E-state index >= 15 is 0 Å². The van der Waals surface area contributed by atoms with Crippen molar-refractivity contribution in [3.8, 4) is 11.5 Å². The van der Waals surface area contributed by atoms with Gasteiger partial charge < -0.3 is 10.2 Å². The molecule has 0 aliphatic rings. The summed E-state index contributed by atoms with van der Waals surface area (Å²) in [6.07, 6.45) is 1.11. The number of hydrogen-bond acceptors (Lipinski definition) is 3. The molecule has 2 unspecified atom stereocenters. The van der Waals surface area contributed by atoms with Gasteiger partial charge in [-0.3, -0.25) is 4.79 Å². The van der Waals surface area contributed by atoms with E-state index in [4.69, 9.17) is 0 Å². The van der Waals surface area contributed by atoms with Crippen molar-refractivity contribution in [3.63, 3.8) is 0 Å². The number of rotatable bonds is 8. The van der Waals surface area contributed by atoms with E-state index in [0.29, 0.717) is 12.8 Å². The van der Waals surface area contributed by atoms with Crippen molar-refractivity contribution < 1.29 is 15.0 Å². The Morgan fingerprint density at radius 1 is 0.588 bits per heavy atom. The Labute approximate surface area is 201 Å². The minimum Gasteiger partial charge on any atom is -0.508 e. The molecule has 3 heteroatoms. The van der Waals surface area contributed by atoms with Gasteiger partial charge in [0.25, 0.3) is 0 Å². The number of aromatic hydroxyl groups is 2. The number of hydrogen-bond donors (Lipinski definition) is 2. The Balaban J connectivity index is 1.78. The van der Waals surface area contributed by atoms with Gasteiger partial charge in [-0.2, -0.15) is 0 Å². The highest BCUT2D eigenvalue weighted by molar-refractivity contribution is 5.93. The molecule has 4 aromatic rings. The third-order valence-electron chi connectivity index (χ3n) is 6.57. The van der Waals surface area contributed by atoms with Gasteiger partial charge in [0.1, 0.15) is 17.3 Å². The molecule has 0 aliphatic heterocycles. The molecule has 0 aromatic heterocycles. The van der Waals surface area contributed by atoms with Crippen LogP contribution in [0.4, 0.5) is 0 Å². The van der Waals surface area contributed by atoms with Gasteiger partial charge in [0.15, 0.2) is 0 Å². The number of phenolic OH excluding ortho intramolecular Hbond substituents is 2. The molecule has 0 aliphatic carbocycles. The van der Waals surface area contributed by atoms with Crippen LogP contribution in [0.15, 0.2) is 97.1 Å². The van der Waals surface area contributed by atoms with Gasteiger partial charge >= 0.3 is 0 Å². The molecule has 0 saturated heterocycles. The summed E-state index contributed by atoms with van der Waals surface area (Å²) in [5.41, 5.74) is 6.26. The summed E-state index contributed by atoms with van der Waals surface area (Å²) < 4.78 is 0. The van der Waals surface area contributed by atoms with Crippen molar-refractivity contribution in [3.05, 3.63) is 130 Å². The van der Waals surface area contributed by atoms with Crippen LogP contribution in [0.3, 0.4) is 0 Å². The lowest BCUT2D eigenvalue weighted by atomic mass is 9.76. The molecule has 34 heavy (non-hydrogen) atoms. The summed E-state index contributed by atoms with van der Waals surface area (Å²) in [4.78, 5) is 14.4. The van der Waals surface area contributed by atoms with Crippen molar-refractivity contribution in [2.45, 2.75) is 38.5 Å². The third-order valence-corrected chi connectivity index (χ3v) is 6.57. The van der Waals surface area contributed by atoms with E-state index in [2.05, 4.69) is 26.0 Å². The van der Waals surface area contributed by atoms with Crippen LogP contribution < -0.4 is 0 Å². The molecule has 2 N–H and O–H groups in total. The molecule has 4 aromatic carbocycles. The number of phenols is 2. The smallest absolute Gasteiger partial charge is 0.148 e. The summed E-state index contributed by atoms with van der Waals surface area (Å²) in [7, 11) is 0. The average molecular weight is 451 g/mol. The quantitative estimate of drug-likeness (QED) is 0.316. The maximum atomic E-state index is 14.4. The largest absolute Gasteiger partial charge is 0.508 e. The SMILES string of the molecule is Cc1ccccc1C(Cc1ccc(O)cc1)C(=O)C(Cc1ccc(O)cc1)c1ccccc1C. The minimum atomic E-state index is -0.326. The van der Waals surface area contributed by atoms with Crippen LogP contribution in [-0.2, 0) is 17.6 Å². The van der Waals surface area contributed by atoms with Gasteiger partial charge in [0.2, 0.25) is 0 Å². The van der Waals surface area contributed by atoms with Gasteiger partial charge in [-0.25, -0.2) is 0 Å². The van der Waals surface area contributed by atoms with Crippen LogP contribution in [0.25, 0.3) is 0 Å². The highest BCUT2D eigenvalue weighted by Crippen LogP contribution is 2.35. The van der Waals surface area contributed by atoms with Gasteiger partial charge in [-0.1, -0.05) is 72.8 Å². The van der Waals surface area contributed by atoms with E-state index in [1.807, 2.05) is 60.7 Å². The Morgan fingerprint density at radius 2 is 0.941 bits per heavy atom.